The van der Waals surface area contributed by atoms with Gasteiger partial charge in [0.2, 0.25) is 5.91 Å². The molecular formula is C16H16BrNO2. The van der Waals surface area contributed by atoms with Crippen LogP contribution in [-0.2, 0) is 17.6 Å². The Morgan fingerprint density at radius 1 is 1.10 bits per heavy atom. The van der Waals surface area contributed by atoms with E-state index in [9.17, 15) is 9.90 Å². The molecular weight excluding hydrogens is 318 g/mol. The third-order valence-corrected chi connectivity index (χ3v) is 3.75. The molecule has 2 N–H and O–H groups in total. The largest absolute Gasteiger partial charge is 0.508 e. The number of nitrogens with one attached hydrogen (secondary N) is 1. The zero-order valence-electron chi connectivity index (χ0n) is 11.0. The molecule has 0 atom stereocenters. The molecule has 0 radical (unpaired) electrons. The summed E-state index contributed by atoms with van der Waals surface area (Å²) in [6.07, 6.45) is 1.12. The van der Waals surface area contributed by atoms with Crippen LogP contribution >= 0.6 is 15.9 Å². The van der Waals surface area contributed by atoms with E-state index in [0.717, 1.165) is 16.5 Å². The second-order valence-corrected chi connectivity index (χ2v) is 5.39. The molecule has 3 nitrogen and oxygen atoms in total. The lowest BCUT2D eigenvalue weighted by Gasteiger charge is -2.07. The van der Waals surface area contributed by atoms with Crippen LogP contribution in [0.2, 0.25) is 0 Å². The molecule has 0 unspecified atom stereocenters. The highest BCUT2D eigenvalue weighted by molar-refractivity contribution is 9.10. The van der Waals surface area contributed by atoms with Gasteiger partial charge in [0.15, 0.2) is 0 Å². The first-order valence-electron chi connectivity index (χ1n) is 6.43. The lowest BCUT2D eigenvalue weighted by Crippen LogP contribution is -2.27. The van der Waals surface area contributed by atoms with Gasteiger partial charge in [0, 0.05) is 11.0 Å². The maximum absolute atomic E-state index is 11.8. The van der Waals surface area contributed by atoms with Gasteiger partial charge in [0.25, 0.3) is 0 Å². The summed E-state index contributed by atoms with van der Waals surface area (Å²) in [7, 11) is 0. The van der Waals surface area contributed by atoms with Crippen LogP contribution < -0.4 is 5.32 Å². The molecule has 0 aromatic heterocycles. The Morgan fingerprint density at radius 3 is 2.50 bits per heavy atom. The van der Waals surface area contributed by atoms with Crippen molar-refractivity contribution in [2.45, 2.75) is 12.8 Å². The van der Waals surface area contributed by atoms with E-state index >= 15 is 0 Å². The summed E-state index contributed by atoms with van der Waals surface area (Å²) in [6, 6.07) is 14.7. The fourth-order valence-corrected chi connectivity index (χ4v) is 2.38. The minimum atomic E-state index is -0.0113. The normalized spacial score (nSPS) is 10.2. The molecule has 0 aliphatic heterocycles. The van der Waals surface area contributed by atoms with Crippen molar-refractivity contribution in [3.05, 3.63) is 64.1 Å². The van der Waals surface area contributed by atoms with E-state index in [1.165, 1.54) is 5.56 Å². The molecule has 0 bridgehead atoms. The van der Waals surface area contributed by atoms with Gasteiger partial charge in [-0.2, -0.15) is 0 Å². The third kappa shape index (κ3) is 4.38. The average molecular weight is 334 g/mol. The molecule has 20 heavy (non-hydrogen) atoms. The number of carbonyl (C=O) groups excluding carboxylic acids is 1. The second-order valence-electron chi connectivity index (χ2n) is 4.53. The molecule has 0 aliphatic carbocycles. The maximum Gasteiger partial charge on any atom is 0.224 e. The molecule has 0 heterocycles. The number of halogens is 1. The fourth-order valence-electron chi connectivity index (χ4n) is 1.90. The number of hydrogen-bond acceptors (Lipinski definition) is 2. The standard InChI is InChI=1S/C16H16BrNO2/c17-15-4-2-1-3-13(15)9-10-18-16(20)11-12-5-7-14(19)8-6-12/h1-8,19H,9-11H2,(H,18,20). The van der Waals surface area contributed by atoms with E-state index < -0.39 is 0 Å². The van der Waals surface area contributed by atoms with Gasteiger partial charge in [-0.1, -0.05) is 46.3 Å². The van der Waals surface area contributed by atoms with Crippen LogP contribution in [0.4, 0.5) is 0 Å². The van der Waals surface area contributed by atoms with Gasteiger partial charge >= 0.3 is 0 Å². The number of benzene rings is 2. The van der Waals surface area contributed by atoms with Gasteiger partial charge in [-0.15, -0.1) is 0 Å². The molecule has 0 saturated carbocycles. The Labute approximate surface area is 126 Å². The molecule has 1 amide bonds. The Hall–Kier alpha value is -1.81. The van der Waals surface area contributed by atoms with E-state index in [-0.39, 0.29) is 11.7 Å². The number of hydrogen-bond donors (Lipinski definition) is 2. The number of phenols is 1. The van der Waals surface area contributed by atoms with E-state index in [0.29, 0.717) is 13.0 Å². The first-order chi connectivity index (χ1) is 9.65. The predicted octanol–water partition coefficient (Wildman–Crippen LogP) is 3.06. The van der Waals surface area contributed by atoms with E-state index in [4.69, 9.17) is 0 Å². The van der Waals surface area contributed by atoms with Crippen molar-refractivity contribution in [1.82, 2.24) is 5.32 Å². The highest BCUT2D eigenvalue weighted by Gasteiger charge is 2.04. The number of carbonyl (C=O) groups is 1. The van der Waals surface area contributed by atoms with Crippen molar-refractivity contribution in [2.75, 3.05) is 6.54 Å². The number of rotatable bonds is 5. The SMILES string of the molecule is O=C(Cc1ccc(O)cc1)NCCc1ccccc1Br. The minimum Gasteiger partial charge on any atom is -0.508 e. The number of amides is 1. The number of aromatic hydroxyl groups is 1. The zero-order valence-corrected chi connectivity index (χ0v) is 12.6. The van der Waals surface area contributed by atoms with Crippen LogP contribution in [0.5, 0.6) is 5.75 Å². The molecule has 0 saturated heterocycles. The van der Waals surface area contributed by atoms with Crippen molar-refractivity contribution in [3.8, 4) is 5.75 Å². The zero-order chi connectivity index (χ0) is 14.4. The summed E-state index contributed by atoms with van der Waals surface area (Å²) in [4.78, 5) is 11.8. The lowest BCUT2D eigenvalue weighted by molar-refractivity contribution is -0.120. The molecule has 2 aromatic carbocycles. The van der Waals surface area contributed by atoms with Crippen molar-refractivity contribution in [1.29, 1.82) is 0 Å². The summed E-state index contributed by atoms with van der Waals surface area (Å²) in [6.45, 7) is 0.611. The van der Waals surface area contributed by atoms with Gasteiger partial charge in [-0.05, 0) is 35.7 Å². The molecule has 0 fully saturated rings. The monoisotopic (exact) mass is 333 g/mol. The maximum atomic E-state index is 11.8. The van der Waals surface area contributed by atoms with Gasteiger partial charge in [-0.25, -0.2) is 0 Å². The summed E-state index contributed by atoms with van der Waals surface area (Å²) < 4.78 is 1.06. The third-order valence-electron chi connectivity index (χ3n) is 2.98. The van der Waals surface area contributed by atoms with E-state index in [2.05, 4.69) is 21.2 Å². The molecule has 2 aromatic rings. The van der Waals surface area contributed by atoms with Gasteiger partial charge in [0.1, 0.15) is 5.75 Å². The highest BCUT2D eigenvalue weighted by atomic mass is 79.9. The van der Waals surface area contributed by atoms with Crippen LogP contribution in [0.25, 0.3) is 0 Å². The summed E-state index contributed by atoms with van der Waals surface area (Å²) >= 11 is 3.49. The Morgan fingerprint density at radius 2 is 1.80 bits per heavy atom. The molecule has 0 spiro atoms. The topological polar surface area (TPSA) is 49.3 Å². The van der Waals surface area contributed by atoms with Crippen LogP contribution in [0.15, 0.2) is 53.0 Å². The van der Waals surface area contributed by atoms with E-state index in [1.807, 2.05) is 24.3 Å². The highest BCUT2D eigenvalue weighted by Crippen LogP contribution is 2.15. The molecule has 4 heteroatoms. The molecule has 0 aliphatic rings. The minimum absolute atomic E-state index is 0.0113. The number of phenolic OH excluding ortho intramolecular Hbond substituents is 1. The van der Waals surface area contributed by atoms with Gasteiger partial charge in [0.05, 0.1) is 6.42 Å². The van der Waals surface area contributed by atoms with Crippen molar-refractivity contribution >= 4 is 21.8 Å². The van der Waals surface area contributed by atoms with E-state index in [1.54, 1.807) is 24.3 Å². The summed E-state index contributed by atoms with van der Waals surface area (Å²) in [5.41, 5.74) is 2.07. The second kappa shape index (κ2) is 7.10. The van der Waals surface area contributed by atoms with Crippen LogP contribution in [0, 0.1) is 0 Å². The fraction of sp³-hybridized carbons (Fsp3) is 0.188. The van der Waals surface area contributed by atoms with Crippen LogP contribution in [0.3, 0.4) is 0 Å². The average Bonchev–Trinajstić information content (AvgIpc) is 2.43. The Balaban J connectivity index is 1.78. The van der Waals surface area contributed by atoms with Gasteiger partial charge < -0.3 is 10.4 Å². The summed E-state index contributed by atoms with van der Waals surface area (Å²) in [5.74, 6) is 0.200. The lowest BCUT2D eigenvalue weighted by atomic mass is 10.1. The van der Waals surface area contributed by atoms with Crippen molar-refractivity contribution in [3.63, 3.8) is 0 Å². The van der Waals surface area contributed by atoms with Crippen molar-refractivity contribution in [2.24, 2.45) is 0 Å². The predicted molar refractivity (Wildman–Crippen MR) is 82.7 cm³/mol. The van der Waals surface area contributed by atoms with Crippen LogP contribution in [0.1, 0.15) is 11.1 Å². The van der Waals surface area contributed by atoms with Gasteiger partial charge in [-0.3, -0.25) is 4.79 Å². The molecule has 104 valence electrons. The summed E-state index contributed by atoms with van der Waals surface area (Å²) in [5, 5.41) is 12.1. The van der Waals surface area contributed by atoms with Crippen LogP contribution in [-0.4, -0.2) is 17.6 Å². The van der Waals surface area contributed by atoms with Crippen molar-refractivity contribution < 1.29 is 9.90 Å². The smallest absolute Gasteiger partial charge is 0.224 e. The first kappa shape index (κ1) is 14.6. The first-order valence-corrected chi connectivity index (χ1v) is 7.22. The molecule has 2 rings (SSSR count). The Bertz CT molecular complexity index is 581. The quantitative estimate of drug-likeness (QED) is 0.883. The Kier molecular flexibility index (Phi) is 5.18.